The van der Waals surface area contributed by atoms with Gasteiger partial charge in [-0.2, -0.15) is 0 Å². The minimum absolute atomic E-state index is 0.0158. The minimum atomic E-state index is -0.823. The molecular weight excluding hydrogens is 546 g/mol. The molecule has 0 fully saturated rings. The molecule has 1 aliphatic rings. The van der Waals surface area contributed by atoms with Gasteiger partial charge in [-0.3, -0.25) is 9.36 Å². The third kappa shape index (κ3) is 6.85. The molecule has 8 nitrogen and oxygen atoms in total. The van der Waals surface area contributed by atoms with E-state index in [2.05, 4.69) is 22.1 Å². The summed E-state index contributed by atoms with van der Waals surface area (Å²) in [4.78, 5) is 26.9. The fraction of sp³-hybridized carbons (Fsp3) is 0.407. The number of esters is 1. The number of thiophene rings is 1. The number of rotatable bonds is 11. The van der Waals surface area contributed by atoms with Crippen molar-refractivity contribution in [2.45, 2.75) is 63.8 Å². The molecule has 4 rings (SSSR count). The Morgan fingerprint density at radius 2 is 2.05 bits per heavy atom. The number of halogens is 2. The number of nitrogens with one attached hydrogen (secondary N) is 1. The number of aromatic nitrogens is 3. The lowest BCUT2D eigenvalue weighted by Gasteiger charge is -2.16. The van der Waals surface area contributed by atoms with Crippen molar-refractivity contribution in [3.63, 3.8) is 0 Å². The Morgan fingerprint density at radius 1 is 1.26 bits per heavy atom. The number of nitrogens with zero attached hydrogens (tertiary/aromatic N) is 3. The van der Waals surface area contributed by atoms with E-state index in [0.717, 1.165) is 54.7 Å². The van der Waals surface area contributed by atoms with Gasteiger partial charge in [0, 0.05) is 17.5 Å². The van der Waals surface area contributed by atoms with Crippen LogP contribution in [0.2, 0.25) is 0 Å². The van der Waals surface area contributed by atoms with Crippen LogP contribution in [-0.4, -0.2) is 39.0 Å². The fourth-order valence-electron chi connectivity index (χ4n) is 4.36. The van der Waals surface area contributed by atoms with Gasteiger partial charge in [-0.25, -0.2) is 13.6 Å². The summed E-state index contributed by atoms with van der Waals surface area (Å²) in [5, 5.41) is 12.2. The highest BCUT2D eigenvalue weighted by molar-refractivity contribution is 7.99. The molecule has 1 atom stereocenters. The monoisotopic (exact) mass is 576 g/mol. The zero-order valence-electron chi connectivity index (χ0n) is 21.8. The third-order valence-corrected chi connectivity index (χ3v) is 8.28. The zero-order valence-corrected chi connectivity index (χ0v) is 23.4. The van der Waals surface area contributed by atoms with Gasteiger partial charge in [0.2, 0.25) is 5.91 Å². The number of benzene rings is 1. The van der Waals surface area contributed by atoms with E-state index in [1.807, 2.05) is 0 Å². The van der Waals surface area contributed by atoms with Gasteiger partial charge in [0.1, 0.15) is 10.8 Å². The van der Waals surface area contributed by atoms with E-state index in [1.54, 1.807) is 24.5 Å². The van der Waals surface area contributed by atoms with Gasteiger partial charge in [-0.1, -0.05) is 24.3 Å². The smallest absolute Gasteiger partial charge is 0.341 e. The molecule has 0 aliphatic heterocycles. The average molecular weight is 577 g/mol. The van der Waals surface area contributed by atoms with Crippen LogP contribution >= 0.6 is 23.1 Å². The maximum Gasteiger partial charge on any atom is 0.341 e. The summed E-state index contributed by atoms with van der Waals surface area (Å²) in [5.41, 5.74) is 1.45. The molecule has 1 amide bonds. The van der Waals surface area contributed by atoms with Crippen LogP contribution in [-0.2, 0) is 28.9 Å². The number of thioether (sulfide) groups is 1. The molecule has 2 heterocycles. The van der Waals surface area contributed by atoms with E-state index >= 15 is 0 Å². The van der Waals surface area contributed by atoms with E-state index in [4.69, 9.17) is 9.47 Å². The number of carbonyl (C=O) groups excluding carboxylic acids is 2. The van der Waals surface area contributed by atoms with Crippen molar-refractivity contribution in [3.05, 3.63) is 64.3 Å². The molecule has 2 aromatic heterocycles. The number of allylic oxidation sites excluding steroid dienone is 1. The van der Waals surface area contributed by atoms with Crippen molar-refractivity contribution in [1.82, 2.24) is 14.8 Å². The molecular formula is C27H30F2N4O4S2. The SMILES string of the molecule is C=CCn1c(SCC(=O)Nc2sc3c(c2C(=O)OCC)CCCCC3)nnc1C(C)Oc1ccc(F)cc1F. The van der Waals surface area contributed by atoms with Crippen molar-refractivity contribution in [2.24, 2.45) is 0 Å². The van der Waals surface area contributed by atoms with Crippen LogP contribution in [0.1, 0.15) is 65.8 Å². The first-order valence-electron chi connectivity index (χ1n) is 12.7. The lowest BCUT2D eigenvalue weighted by Crippen LogP contribution is -2.17. The summed E-state index contributed by atoms with van der Waals surface area (Å²) in [6.07, 6.45) is 5.76. The maximum absolute atomic E-state index is 14.1. The summed E-state index contributed by atoms with van der Waals surface area (Å²) in [6.45, 7) is 7.78. The summed E-state index contributed by atoms with van der Waals surface area (Å²) in [7, 11) is 0. The number of amides is 1. The van der Waals surface area contributed by atoms with E-state index in [0.29, 0.717) is 28.1 Å². The van der Waals surface area contributed by atoms with Crippen LogP contribution in [0.4, 0.5) is 13.8 Å². The van der Waals surface area contributed by atoms with Gasteiger partial charge in [0.05, 0.1) is 17.9 Å². The summed E-state index contributed by atoms with van der Waals surface area (Å²) < 4.78 is 40.0. The second-order valence-corrected chi connectivity index (χ2v) is 10.9. The van der Waals surface area contributed by atoms with Crippen molar-refractivity contribution in [2.75, 3.05) is 17.7 Å². The first-order chi connectivity index (χ1) is 18.8. The van der Waals surface area contributed by atoms with Crippen molar-refractivity contribution in [1.29, 1.82) is 0 Å². The van der Waals surface area contributed by atoms with E-state index in [9.17, 15) is 18.4 Å². The van der Waals surface area contributed by atoms with Crippen LogP contribution in [0, 0.1) is 11.6 Å². The number of ether oxygens (including phenoxy) is 2. The zero-order chi connectivity index (χ0) is 27.9. The lowest BCUT2D eigenvalue weighted by molar-refractivity contribution is -0.113. The van der Waals surface area contributed by atoms with E-state index in [1.165, 1.54) is 29.2 Å². The van der Waals surface area contributed by atoms with Gasteiger partial charge in [-0.05, 0) is 57.2 Å². The second-order valence-electron chi connectivity index (χ2n) is 8.90. The third-order valence-electron chi connectivity index (χ3n) is 6.10. The number of hydrogen-bond acceptors (Lipinski definition) is 8. The van der Waals surface area contributed by atoms with Gasteiger partial charge >= 0.3 is 5.97 Å². The molecule has 0 spiro atoms. The van der Waals surface area contributed by atoms with Crippen LogP contribution in [0.3, 0.4) is 0 Å². The Labute approximate surface area is 233 Å². The highest BCUT2D eigenvalue weighted by Crippen LogP contribution is 2.38. The highest BCUT2D eigenvalue weighted by Gasteiger charge is 2.27. The second kappa shape index (κ2) is 13.2. The Morgan fingerprint density at radius 3 is 2.79 bits per heavy atom. The van der Waals surface area contributed by atoms with E-state index < -0.39 is 23.7 Å². The van der Waals surface area contributed by atoms with E-state index in [-0.39, 0.29) is 24.0 Å². The first kappa shape index (κ1) is 28.8. The highest BCUT2D eigenvalue weighted by atomic mass is 32.2. The van der Waals surface area contributed by atoms with Crippen LogP contribution < -0.4 is 10.1 Å². The quantitative estimate of drug-likeness (QED) is 0.127. The molecule has 1 aromatic carbocycles. The fourth-order valence-corrected chi connectivity index (χ4v) is 6.41. The molecule has 1 N–H and O–H groups in total. The summed E-state index contributed by atoms with van der Waals surface area (Å²) in [6, 6.07) is 3.07. The van der Waals surface area contributed by atoms with Gasteiger partial charge in [0.25, 0.3) is 0 Å². The van der Waals surface area contributed by atoms with Gasteiger partial charge in [0.15, 0.2) is 28.7 Å². The Hall–Kier alpha value is -3.25. The summed E-state index contributed by atoms with van der Waals surface area (Å²) >= 11 is 2.61. The molecule has 0 saturated carbocycles. The average Bonchev–Trinajstić information content (AvgIpc) is 3.37. The number of anilines is 1. The number of fused-ring (bicyclic) bond motifs is 1. The molecule has 0 radical (unpaired) electrons. The van der Waals surface area contributed by atoms with Crippen LogP contribution in [0.5, 0.6) is 5.75 Å². The molecule has 1 unspecified atom stereocenters. The first-order valence-corrected chi connectivity index (χ1v) is 14.5. The molecule has 12 heteroatoms. The topological polar surface area (TPSA) is 95.3 Å². The maximum atomic E-state index is 14.1. The Kier molecular flexibility index (Phi) is 9.73. The predicted octanol–water partition coefficient (Wildman–Crippen LogP) is 6.12. The normalized spacial score (nSPS) is 13.7. The standard InChI is InChI=1S/C27H30F2N4O4S2/c1-4-13-33-24(16(3)37-20-12-11-17(28)14-19(20)29)31-32-27(33)38-15-22(34)30-25-23(26(35)36-5-2)18-9-7-6-8-10-21(18)39-25/h4,11-12,14,16H,1,5-10,13,15H2,2-3H3,(H,30,34). The van der Waals surface area contributed by atoms with Crippen LogP contribution in [0.25, 0.3) is 0 Å². The molecule has 39 heavy (non-hydrogen) atoms. The van der Waals surface area contributed by atoms with Gasteiger partial charge < -0.3 is 14.8 Å². The predicted molar refractivity (Wildman–Crippen MR) is 147 cm³/mol. The minimum Gasteiger partial charge on any atom is -0.480 e. The number of carbonyl (C=O) groups is 2. The Balaban J connectivity index is 1.47. The lowest BCUT2D eigenvalue weighted by atomic mass is 10.1. The molecule has 1 aliphatic carbocycles. The number of hydrogen-bond donors (Lipinski definition) is 1. The van der Waals surface area contributed by atoms with Crippen molar-refractivity contribution >= 4 is 40.0 Å². The molecule has 0 saturated heterocycles. The van der Waals surface area contributed by atoms with Crippen LogP contribution in [0.15, 0.2) is 36.0 Å². The summed E-state index contributed by atoms with van der Waals surface area (Å²) in [5.74, 6) is -1.94. The largest absolute Gasteiger partial charge is 0.480 e. The van der Waals surface area contributed by atoms with Gasteiger partial charge in [-0.15, -0.1) is 28.1 Å². The molecule has 208 valence electrons. The van der Waals surface area contributed by atoms with Crippen molar-refractivity contribution in [3.8, 4) is 5.75 Å². The molecule has 3 aromatic rings. The Bertz CT molecular complexity index is 1360. The van der Waals surface area contributed by atoms with Crippen molar-refractivity contribution < 1.29 is 27.8 Å². The number of aryl methyl sites for hydroxylation is 1. The molecule has 0 bridgehead atoms.